The Balaban J connectivity index is 0.00000208. The van der Waals surface area contributed by atoms with Crippen molar-refractivity contribution in [1.29, 1.82) is 0 Å². The fraction of sp³-hybridized carbons (Fsp3) is 0.438. The van der Waals surface area contributed by atoms with Crippen LogP contribution in [0.4, 0.5) is 0 Å². The molecule has 1 aliphatic rings. The summed E-state index contributed by atoms with van der Waals surface area (Å²) in [5.41, 5.74) is 0.869. The van der Waals surface area contributed by atoms with Crippen LogP contribution >= 0.6 is 24.2 Å². The molecule has 1 aliphatic heterocycles. The Morgan fingerprint density at radius 1 is 1.46 bits per heavy atom. The van der Waals surface area contributed by atoms with Crippen molar-refractivity contribution in [3.63, 3.8) is 0 Å². The summed E-state index contributed by atoms with van der Waals surface area (Å²) in [5, 5.41) is 10.3. The second kappa shape index (κ2) is 9.05. The second-order valence-corrected chi connectivity index (χ2v) is 6.69. The third-order valence-corrected chi connectivity index (χ3v) is 4.79. The normalized spacial score (nSPS) is 18.5. The van der Waals surface area contributed by atoms with Crippen molar-refractivity contribution in [3.05, 3.63) is 36.2 Å². The lowest BCUT2D eigenvalue weighted by Gasteiger charge is -2.23. The first-order valence-corrected chi connectivity index (χ1v) is 8.87. The lowest BCUT2D eigenvalue weighted by atomic mass is 10.2. The third kappa shape index (κ3) is 4.96. The summed E-state index contributed by atoms with van der Waals surface area (Å²) in [6.45, 7) is 2.82. The molecule has 2 N–H and O–H groups in total. The quantitative estimate of drug-likeness (QED) is 0.843. The van der Waals surface area contributed by atoms with Crippen molar-refractivity contribution in [2.24, 2.45) is 0 Å². The number of nitrogens with one attached hydrogen (secondary N) is 2. The van der Waals surface area contributed by atoms with Gasteiger partial charge in [0.2, 0.25) is 5.91 Å². The highest BCUT2D eigenvalue weighted by molar-refractivity contribution is 7.99. The predicted molar refractivity (Wildman–Crippen MR) is 97.3 cm³/mol. The molecule has 0 spiro atoms. The van der Waals surface area contributed by atoms with Gasteiger partial charge < -0.3 is 15.2 Å². The number of carbonyl (C=O) groups excluding carboxylic acids is 1. The highest BCUT2D eigenvalue weighted by Gasteiger charge is 2.20. The van der Waals surface area contributed by atoms with Crippen molar-refractivity contribution in [1.82, 2.24) is 20.8 Å². The fourth-order valence-electron chi connectivity index (χ4n) is 2.45. The van der Waals surface area contributed by atoms with E-state index in [0.717, 1.165) is 23.6 Å². The average molecular weight is 369 g/mol. The topological polar surface area (TPSA) is 80.0 Å². The number of aromatic nitrogens is 2. The van der Waals surface area contributed by atoms with Gasteiger partial charge in [-0.25, -0.2) is 0 Å². The van der Waals surface area contributed by atoms with Gasteiger partial charge in [-0.15, -0.1) is 12.4 Å². The molecule has 2 heterocycles. The van der Waals surface area contributed by atoms with Gasteiger partial charge in [-0.2, -0.15) is 16.7 Å². The minimum absolute atomic E-state index is 0. The molecule has 3 rings (SSSR count). The zero-order valence-corrected chi connectivity index (χ0v) is 15.0. The Morgan fingerprint density at radius 3 is 2.96 bits per heavy atom. The smallest absolute Gasteiger partial charge is 0.257 e. The van der Waals surface area contributed by atoms with Crippen LogP contribution in [0.1, 0.15) is 25.2 Å². The van der Waals surface area contributed by atoms with E-state index in [1.165, 1.54) is 0 Å². The Bertz CT molecular complexity index is 647. The van der Waals surface area contributed by atoms with Crippen LogP contribution in [-0.2, 0) is 4.79 Å². The van der Waals surface area contributed by atoms with Gasteiger partial charge in [0.1, 0.15) is 0 Å². The molecule has 24 heavy (non-hydrogen) atoms. The molecule has 1 aromatic carbocycles. The van der Waals surface area contributed by atoms with E-state index in [0.29, 0.717) is 18.1 Å². The summed E-state index contributed by atoms with van der Waals surface area (Å²) < 4.78 is 5.28. The third-order valence-electron chi connectivity index (χ3n) is 3.66. The van der Waals surface area contributed by atoms with Crippen molar-refractivity contribution in [2.75, 3.05) is 18.1 Å². The van der Waals surface area contributed by atoms with Crippen LogP contribution < -0.4 is 10.6 Å². The van der Waals surface area contributed by atoms with Crippen molar-refractivity contribution < 1.29 is 9.32 Å². The van der Waals surface area contributed by atoms with Crippen molar-refractivity contribution in [2.45, 2.75) is 25.4 Å². The zero-order chi connectivity index (χ0) is 16.1. The maximum absolute atomic E-state index is 12.1. The monoisotopic (exact) mass is 368 g/mol. The molecule has 0 saturated carbocycles. The van der Waals surface area contributed by atoms with Gasteiger partial charge in [0.25, 0.3) is 5.89 Å². The van der Waals surface area contributed by atoms with Gasteiger partial charge in [0.15, 0.2) is 5.82 Å². The molecule has 130 valence electrons. The van der Waals surface area contributed by atoms with Crippen LogP contribution in [0.15, 0.2) is 34.9 Å². The Labute approximate surface area is 151 Å². The number of amides is 1. The van der Waals surface area contributed by atoms with Crippen molar-refractivity contribution in [3.8, 4) is 11.5 Å². The van der Waals surface area contributed by atoms with E-state index in [9.17, 15) is 4.79 Å². The molecule has 1 saturated heterocycles. The molecule has 2 unspecified atom stereocenters. The summed E-state index contributed by atoms with van der Waals surface area (Å²) in [5.74, 6) is 3.04. The average Bonchev–Trinajstić information content (AvgIpc) is 3.06. The number of hydrogen-bond acceptors (Lipinski definition) is 6. The molecular weight excluding hydrogens is 348 g/mol. The van der Waals surface area contributed by atoms with Crippen LogP contribution in [0.2, 0.25) is 0 Å². The second-order valence-electron chi connectivity index (χ2n) is 5.54. The maximum atomic E-state index is 12.1. The molecule has 2 aromatic rings. The summed E-state index contributed by atoms with van der Waals surface area (Å²) >= 11 is 1.88. The summed E-state index contributed by atoms with van der Waals surface area (Å²) in [4.78, 5) is 16.5. The number of rotatable bonds is 5. The molecule has 0 aliphatic carbocycles. The Kier molecular flexibility index (Phi) is 7.08. The van der Waals surface area contributed by atoms with E-state index in [1.807, 2.05) is 49.0 Å². The molecule has 8 heteroatoms. The van der Waals surface area contributed by atoms with E-state index in [4.69, 9.17) is 4.52 Å². The first kappa shape index (κ1) is 18.8. The largest absolute Gasteiger partial charge is 0.346 e. The minimum atomic E-state index is -0.278. The molecule has 1 amide bonds. The maximum Gasteiger partial charge on any atom is 0.257 e. The van der Waals surface area contributed by atoms with E-state index < -0.39 is 0 Å². The van der Waals surface area contributed by atoms with Crippen LogP contribution in [0.25, 0.3) is 11.5 Å². The SMILES string of the molecule is CC(NC(=O)CC1CSCCN1)c1noc(-c2ccccc2)n1.Cl. The van der Waals surface area contributed by atoms with Crippen LogP contribution in [-0.4, -0.2) is 40.1 Å². The summed E-state index contributed by atoms with van der Waals surface area (Å²) in [6.07, 6.45) is 0.473. The molecule has 6 nitrogen and oxygen atoms in total. The lowest BCUT2D eigenvalue weighted by Crippen LogP contribution is -2.41. The van der Waals surface area contributed by atoms with Gasteiger partial charge >= 0.3 is 0 Å². The van der Waals surface area contributed by atoms with E-state index in [2.05, 4.69) is 20.8 Å². The van der Waals surface area contributed by atoms with Crippen molar-refractivity contribution >= 4 is 30.1 Å². The van der Waals surface area contributed by atoms with Crippen LogP contribution in [0, 0.1) is 0 Å². The highest BCUT2D eigenvalue weighted by atomic mass is 35.5. The minimum Gasteiger partial charge on any atom is -0.346 e. The predicted octanol–water partition coefficient (Wildman–Crippen LogP) is 2.43. The fourth-order valence-corrected chi connectivity index (χ4v) is 3.40. The molecule has 0 radical (unpaired) electrons. The number of benzene rings is 1. The molecule has 1 aromatic heterocycles. The number of thioether (sulfide) groups is 1. The van der Waals surface area contributed by atoms with Gasteiger partial charge in [0, 0.05) is 36.1 Å². The first-order chi connectivity index (χ1) is 11.2. The van der Waals surface area contributed by atoms with Gasteiger partial charge in [0.05, 0.1) is 6.04 Å². The number of carbonyl (C=O) groups is 1. The summed E-state index contributed by atoms with van der Waals surface area (Å²) in [6, 6.07) is 9.55. The summed E-state index contributed by atoms with van der Waals surface area (Å²) in [7, 11) is 0. The van der Waals surface area contributed by atoms with E-state index in [1.54, 1.807) is 0 Å². The number of nitrogens with zero attached hydrogens (tertiary/aromatic N) is 2. The first-order valence-electron chi connectivity index (χ1n) is 7.72. The molecule has 0 bridgehead atoms. The van der Waals surface area contributed by atoms with E-state index in [-0.39, 0.29) is 30.4 Å². The van der Waals surface area contributed by atoms with E-state index >= 15 is 0 Å². The van der Waals surface area contributed by atoms with Crippen LogP contribution in [0.5, 0.6) is 0 Å². The standard InChI is InChI=1S/C16H20N4O2S.ClH/c1-11(18-14(21)9-13-10-23-8-7-17-13)15-19-16(22-20-15)12-5-3-2-4-6-12;/h2-6,11,13,17H,7-10H2,1H3,(H,18,21);1H. The highest BCUT2D eigenvalue weighted by Crippen LogP contribution is 2.19. The van der Waals surface area contributed by atoms with Gasteiger partial charge in [-0.3, -0.25) is 4.79 Å². The Morgan fingerprint density at radius 2 is 2.25 bits per heavy atom. The molecule has 2 atom stereocenters. The lowest BCUT2D eigenvalue weighted by molar-refractivity contribution is -0.122. The molecule has 1 fully saturated rings. The Hall–Kier alpha value is -1.57. The zero-order valence-electron chi connectivity index (χ0n) is 13.4. The molecular formula is C16H21ClN4O2S. The number of hydrogen-bond donors (Lipinski definition) is 2. The van der Waals surface area contributed by atoms with Gasteiger partial charge in [-0.05, 0) is 19.1 Å². The number of halogens is 1. The van der Waals surface area contributed by atoms with Crippen LogP contribution in [0.3, 0.4) is 0 Å². The van der Waals surface area contributed by atoms with Gasteiger partial charge in [-0.1, -0.05) is 23.4 Å².